The monoisotopic (exact) mass is 1550 g/mol. The lowest BCUT2D eigenvalue weighted by molar-refractivity contribution is -0.383. The van der Waals surface area contributed by atoms with Gasteiger partial charge in [0.1, 0.15) is 62.2 Å². The van der Waals surface area contributed by atoms with Gasteiger partial charge in [0.05, 0.1) is 56.3 Å². The first kappa shape index (κ1) is 76.6. The standard InChI is InChI=1S/C19H17FN8O2.C17H13FN8O2.C17H15FN8.C13H10FN3.C4H4ClN5O2/c1-30-19(29)24-15-16(21)25-18(26-17(15)22)28-13-7-4-8-23-14(13)12(27-28)9-10-5-2-3-6-11(10)20;18-10-5-2-1-4-9(10)8-11-13-12(6-3-7-21-13)25(24-11)17-22-15(19)14(26(27)28)16(20)23-17;18-10-5-2-1-4-9(10)8-11-14-12(6-3-7-22-14)26(25-11)17-23-15(20)13(19)16(21)24-17;14-10-5-2-1-4-9(10)8-12-13-11(16-17-12)6-3-7-15-13;5-4-8-2(6)1(10(11)12)3(7)9-4/h2-8H,9H2,1H3,(H,24,29)(H4,21,22,25,26);1-7H,8H2,(H4,19,20,22,23);1-7H,8,19H2,(H4,20,21,23,24);1-7H,8H2,(H,16,17);(H4,6,7,8,9). The maximum absolute atomic E-state index is 14.1. The van der Waals surface area contributed by atoms with E-state index < -0.39 is 27.3 Å². The van der Waals surface area contributed by atoms with Gasteiger partial charge in [-0.2, -0.15) is 74.3 Å². The number of pyridine rings is 4. The smallest absolute Gasteiger partial charge is 0.411 e. The van der Waals surface area contributed by atoms with E-state index in [2.05, 4.69) is 95.4 Å². The van der Waals surface area contributed by atoms with Gasteiger partial charge in [-0.15, -0.1) is 0 Å². The molecule has 0 atom stereocenters. The van der Waals surface area contributed by atoms with Gasteiger partial charge in [-0.3, -0.25) is 50.6 Å². The highest BCUT2D eigenvalue weighted by molar-refractivity contribution is 6.28. The van der Waals surface area contributed by atoms with Crippen molar-refractivity contribution in [2.45, 2.75) is 25.7 Å². The fourth-order valence-corrected chi connectivity index (χ4v) is 11.2. The lowest BCUT2D eigenvalue weighted by Gasteiger charge is -2.10. The van der Waals surface area contributed by atoms with Crippen LogP contribution < -0.4 is 56.9 Å². The molecule has 0 radical (unpaired) electrons. The summed E-state index contributed by atoms with van der Waals surface area (Å²) in [4.78, 5) is 79.9. The molecule has 0 unspecified atom stereocenters. The van der Waals surface area contributed by atoms with Gasteiger partial charge in [0.15, 0.2) is 23.3 Å². The predicted octanol–water partition coefficient (Wildman–Crippen LogP) is 8.87. The molecule has 0 fully saturated rings. The number of H-pyrrole nitrogens is 1. The molecule has 570 valence electrons. The summed E-state index contributed by atoms with van der Waals surface area (Å²) < 4.78 is 64.5. The number of amides is 1. The number of hydrogen-bond donors (Lipinski definition) is 11. The number of nitrogens with one attached hydrogen (secondary N) is 2. The van der Waals surface area contributed by atoms with Crippen LogP contribution in [0.25, 0.3) is 62.0 Å². The first-order chi connectivity index (χ1) is 54.3. The minimum atomic E-state index is -0.763. The lowest BCUT2D eigenvalue weighted by atomic mass is 10.1. The van der Waals surface area contributed by atoms with Gasteiger partial charge in [0.25, 0.3) is 17.8 Å². The van der Waals surface area contributed by atoms with Gasteiger partial charge in [0.2, 0.25) is 28.6 Å². The number of nitro groups is 2. The van der Waals surface area contributed by atoms with Crippen LogP contribution in [0.4, 0.5) is 91.6 Å². The molecule has 0 bridgehead atoms. The molecule has 113 heavy (non-hydrogen) atoms. The van der Waals surface area contributed by atoms with Crippen LogP contribution in [-0.2, 0) is 30.4 Å². The summed E-state index contributed by atoms with van der Waals surface area (Å²) in [5.41, 5.74) is 59.6. The number of methoxy groups -OCH3 is 1. The van der Waals surface area contributed by atoms with E-state index in [-0.39, 0.29) is 124 Å². The van der Waals surface area contributed by atoms with Crippen molar-refractivity contribution >= 4 is 131 Å². The molecule has 0 saturated heterocycles. The largest absolute Gasteiger partial charge is 0.453 e. The summed E-state index contributed by atoms with van der Waals surface area (Å²) in [6.45, 7) is 0. The summed E-state index contributed by atoms with van der Waals surface area (Å²) in [7, 11) is 1.21. The Kier molecular flexibility index (Phi) is 22.6. The molecule has 16 rings (SSSR count). The van der Waals surface area contributed by atoms with E-state index in [4.69, 9.17) is 63.2 Å². The second-order valence-electron chi connectivity index (χ2n) is 23.6. The van der Waals surface area contributed by atoms with E-state index in [9.17, 15) is 42.6 Å². The molecule has 1 amide bonds. The van der Waals surface area contributed by atoms with Gasteiger partial charge in [0, 0.05) is 50.5 Å². The number of aromatic amines is 1. The molecule has 16 aromatic rings. The highest BCUT2D eigenvalue weighted by Gasteiger charge is 2.26. The second kappa shape index (κ2) is 33.4. The number of rotatable bonds is 14. The normalized spacial score (nSPS) is 10.8. The van der Waals surface area contributed by atoms with Crippen molar-refractivity contribution in [2.75, 3.05) is 64.0 Å². The SMILES string of the molecule is COC(=O)Nc1c(N)nc(-n2nc(Cc3ccccc3F)c3ncccc32)nc1N.Fc1ccccc1Cc1[nH]nc2cccnc12.Nc1nc(-n2nc(Cc3ccccc3F)c3ncccc32)nc(N)c1N.Nc1nc(-n2nc(Cc3ccccc3F)c3ncccc32)nc(N)c1[N+](=O)[O-].Nc1nc(Cl)nc(N)c1[N+](=O)[O-]. The van der Waals surface area contributed by atoms with Crippen LogP contribution in [0.5, 0.6) is 0 Å². The summed E-state index contributed by atoms with van der Waals surface area (Å²) in [6.07, 6.45) is 6.95. The zero-order valence-corrected chi connectivity index (χ0v) is 59.2. The topological polar surface area (TPSA) is 596 Å². The number of aromatic nitrogens is 20. The number of ether oxygens (including phenoxy) is 1. The molecular weight excluding hydrogens is 1500 g/mol. The maximum Gasteiger partial charge on any atom is 0.411 e. The third kappa shape index (κ3) is 17.0. The molecule has 20 N–H and O–H groups in total. The number of benzene rings is 4. The van der Waals surface area contributed by atoms with E-state index >= 15 is 0 Å². The molecule has 38 nitrogen and oxygen atoms in total. The zero-order valence-electron chi connectivity index (χ0n) is 58.4. The minimum absolute atomic E-state index is 0.0340. The molecule has 12 aromatic heterocycles. The molecule has 0 saturated carbocycles. The van der Waals surface area contributed by atoms with Crippen molar-refractivity contribution < 1.29 is 36.9 Å². The Hall–Kier alpha value is -16.0. The number of fused-ring (bicyclic) bond motifs is 4. The Morgan fingerprint density at radius 3 is 1.12 bits per heavy atom. The van der Waals surface area contributed by atoms with Crippen LogP contribution >= 0.6 is 11.6 Å². The quantitative estimate of drug-likeness (QED) is 0.0209. The van der Waals surface area contributed by atoms with E-state index in [1.54, 1.807) is 122 Å². The minimum Gasteiger partial charge on any atom is -0.453 e. The number of nitrogen functional groups attached to an aromatic ring is 9. The van der Waals surface area contributed by atoms with Crippen molar-refractivity contribution in [3.05, 3.63) is 264 Å². The Labute approximate surface area is 636 Å². The summed E-state index contributed by atoms with van der Waals surface area (Å²) in [5.74, 6) is -2.41. The van der Waals surface area contributed by atoms with E-state index in [1.807, 2.05) is 24.3 Å². The van der Waals surface area contributed by atoms with Crippen molar-refractivity contribution in [1.29, 1.82) is 0 Å². The fraction of sp³-hybridized carbons (Fsp3) is 0.0714. The summed E-state index contributed by atoms with van der Waals surface area (Å²) in [5, 5.41) is 44.0. The Balaban J connectivity index is 0.000000135. The first-order valence-corrected chi connectivity index (χ1v) is 33.2. The van der Waals surface area contributed by atoms with Gasteiger partial charge < -0.3 is 56.3 Å². The number of anilines is 10. The number of halogens is 5. The van der Waals surface area contributed by atoms with Crippen LogP contribution in [0.2, 0.25) is 5.28 Å². The highest BCUT2D eigenvalue weighted by atomic mass is 35.5. The molecule has 4 aromatic carbocycles. The van der Waals surface area contributed by atoms with Gasteiger partial charge >= 0.3 is 17.5 Å². The van der Waals surface area contributed by atoms with Crippen molar-refractivity contribution in [3.8, 4) is 17.8 Å². The maximum atomic E-state index is 14.1. The van der Waals surface area contributed by atoms with Crippen LogP contribution in [-0.4, -0.2) is 122 Å². The van der Waals surface area contributed by atoms with Crippen molar-refractivity contribution in [1.82, 2.24) is 99.3 Å². The molecular formula is C70H59ClF4N32O6. The number of carbonyl (C=O) groups excluding carboxylic acids is 1. The highest BCUT2D eigenvalue weighted by Crippen LogP contribution is 2.32. The molecule has 0 aliphatic rings. The Morgan fingerprint density at radius 1 is 0.442 bits per heavy atom. The predicted molar refractivity (Wildman–Crippen MR) is 410 cm³/mol. The average molecular weight is 1560 g/mol. The van der Waals surface area contributed by atoms with Crippen LogP contribution in [0.3, 0.4) is 0 Å². The van der Waals surface area contributed by atoms with E-state index in [0.29, 0.717) is 78.9 Å². The zero-order chi connectivity index (χ0) is 80.3. The fourth-order valence-electron chi connectivity index (χ4n) is 11.0. The van der Waals surface area contributed by atoms with Gasteiger partial charge in [-0.05, 0) is 107 Å². The number of hydrogen-bond acceptors (Lipinski definition) is 31. The summed E-state index contributed by atoms with van der Waals surface area (Å²) in [6, 6.07) is 40.2. The van der Waals surface area contributed by atoms with Crippen LogP contribution in [0.1, 0.15) is 45.0 Å². The number of nitrogens with two attached hydrogens (primary N) is 9. The summed E-state index contributed by atoms with van der Waals surface area (Å²) >= 11 is 5.32. The average Bonchev–Trinajstić information content (AvgIpc) is 1.64. The number of carbonyl (C=O) groups is 1. The molecule has 0 aliphatic carbocycles. The Bertz CT molecular complexity index is 6200. The van der Waals surface area contributed by atoms with Crippen molar-refractivity contribution in [3.63, 3.8) is 0 Å². The van der Waals surface area contributed by atoms with Crippen LogP contribution in [0.15, 0.2) is 170 Å². The third-order valence-corrected chi connectivity index (χ3v) is 16.5. The molecule has 0 spiro atoms. The first-order valence-electron chi connectivity index (χ1n) is 32.8. The van der Waals surface area contributed by atoms with Gasteiger partial charge in [-0.1, -0.05) is 72.8 Å². The lowest BCUT2D eigenvalue weighted by Crippen LogP contribution is -2.17. The third-order valence-electron chi connectivity index (χ3n) is 16.3. The van der Waals surface area contributed by atoms with Crippen molar-refractivity contribution in [2.24, 2.45) is 0 Å². The van der Waals surface area contributed by atoms with E-state index in [0.717, 1.165) is 16.7 Å². The molecule has 43 heteroatoms. The van der Waals surface area contributed by atoms with Gasteiger partial charge in [-0.25, -0.2) is 22.4 Å². The number of nitrogens with zero attached hydrogens (tertiary/aromatic N) is 21. The Morgan fingerprint density at radius 2 is 0.761 bits per heavy atom. The molecule has 12 heterocycles. The molecule has 0 aliphatic heterocycles. The second-order valence-corrected chi connectivity index (χ2v) is 23.9. The van der Waals surface area contributed by atoms with Crippen LogP contribution in [0, 0.1) is 43.5 Å². The van der Waals surface area contributed by atoms with E-state index in [1.165, 1.54) is 45.4 Å².